The third-order valence-electron chi connectivity index (χ3n) is 7.74. The highest BCUT2D eigenvalue weighted by Crippen LogP contribution is 2.30. The maximum atomic E-state index is 13.4. The number of sulfonamides is 1. The molecule has 0 amide bonds. The van der Waals surface area contributed by atoms with Gasteiger partial charge in [0.2, 0.25) is 11.8 Å². The molecule has 0 aliphatic carbocycles. The van der Waals surface area contributed by atoms with E-state index in [1.807, 2.05) is 51.5 Å². The number of aromatic nitrogens is 4. The first-order valence-corrected chi connectivity index (χ1v) is 18.0. The molecule has 0 aliphatic rings. The molecule has 0 aliphatic heterocycles. The molecule has 4 rings (SSSR count). The number of carboxylic acid groups (broad SMARTS) is 1. The topological polar surface area (TPSA) is 160 Å². The molecule has 0 saturated heterocycles. The van der Waals surface area contributed by atoms with Gasteiger partial charge in [-0.1, -0.05) is 65.8 Å². The Labute approximate surface area is 320 Å². The van der Waals surface area contributed by atoms with Gasteiger partial charge in [-0.2, -0.15) is 4.98 Å². The molecular formula is C37H51Cl2N7O5S. The molecule has 2 aromatic heterocycles. The van der Waals surface area contributed by atoms with E-state index < -0.39 is 16.0 Å². The molecule has 0 spiro atoms. The summed E-state index contributed by atoms with van der Waals surface area (Å²) in [5.41, 5.74) is 4.08. The van der Waals surface area contributed by atoms with Crippen molar-refractivity contribution in [1.82, 2.24) is 25.3 Å². The average Bonchev–Trinajstić information content (AvgIpc) is 3.01. The fourth-order valence-electron chi connectivity index (χ4n) is 5.66. The first-order valence-electron chi connectivity index (χ1n) is 16.5. The van der Waals surface area contributed by atoms with Crippen LogP contribution in [0.5, 0.6) is 5.88 Å². The van der Waals surface area contributed by atoms with Crippen LogP contribution in [0.3, 0.4) is 0 Å². The van der Waals surface area contributed by atoms with Crippen molar-refractivity contribution in [1.29, 1.82) is 0 Å². The molecule has 0 fully saturated rings. The Bertz CT molecular complexity index is 1890. The summed E-state index contributed by atoms with van der Waals surface area (Å²) in [6, 6.07) is 12.5. The minimum absolute atomic E-state index is 0. The largest absolute Gasteiger partial charge is 0.478 e. The molecule has 52 heavy (non-hydrogen) atoms. The number of aryl methyl sites for hydroxylation is 2. The Morgan fingerprint density at radius 2 is 1.54 bits per heavy atom. The standard InChI is InChI=1S/C37H49N7O5S.2ClH/c1-24-12-10-13-25(2)33(24)30-17-32(42-35(41-30)43-50(47,48)29-15-11-14-26(16-29)34(45)46)49-22-27(18-36(3,4)5)38-21-31-39-19-28(20-40-31)44(9)23-37(6,7)8;;/h10-17,19-20,27,38H,18,21-23H2,1-9H3,(H,45,46)(H,41,42,43);2*1H/t27-;;/m1../s1. The highest BCUT2D eigenvalue weighted by atomic mass is 35.5. The quantitative estimate of drug-likeness (QED) is 0.118. The second-order valence-electron chi connectivity index (χ2n) is 15.0. The van der Waals surface area contributed by atoms with Gasteiger partial charge in [-0.3, -0.25) is 0 Å². The maximum absolute atomic E-state index is 13.4. The molecule has 0 bridgehead atoms. The predicted molar refractivity (Wildman–Crippen MR) is 211 cm³/mol. The van der Waals surface area contributed by atoms with E-state index in [9.17, 15) is 18.3 Å². The van der Waals surface area contributed by atoms with Crippen LogP contribution in [0.2, 0.25) is 0 Å². The normalized spacial score (nSPS) is 12.2. The van der Waals surface area contributed by atoms with Crippen LogP contribution in [-0.4, -0.2) is 65.7 Å². The smallest absolute Gasteiger partial charge is 0.335 e. The highest BCUT2D eigenvalue weighted by Gasteiger charge is 2.23. The van der Waals surface area contributed by atoms with Gasteiger partial charge in [-0.15, -0.1) is 24.8 Å². The molecular weight excluding hydrogens is 725 g/mol. The number of hydrogen-bond donors (Lipinski definition) is 3. The summed E-state index contributed by atoms with van der Waals surface area (Å²) in [7, 11) is -2.21. The van der Waals surface area contributed by atoms with Crippen molar-refractivity contribution in [3.8, 4) is 17.1 Å². The molecule has 0 saturated carbocycles. The zero-order valence-corrected chi connectivity index (χ0v) is 33.7. The number of hydrogen-bond acceptors (Lipinski definition) is 10. The number of carboxylic acids is 1. The van der Waals surface area contributed by atoms with Crippen molar-refractivity contribution in [3.63, 3.8) is 0 Å². The Morgan fingerprint density at radius 3 is 2.12 bits per heavy atom. The number of ether oxygens (including phenoxy) is 1. The minimum atomic E-state index is -4.24. The number of aromatic carboxylic acids is 1. The van der Waals surface area contributed by atoms with Crippen molar-refractivity contribution < 1.29 is 23.1 Å². The van der Waals surface area contributed by atoms with Crippen LogP contribution in [0.1, 0.15) is 75.3 Å². The number of carbonyl (C=O) groups is 1. The lowest BCUT2D eigenvalue weighted by Gasteiger charge is -2.28. The molecule has 12 nitrogen and oxygen atoms in total. The summed E-state index contributed by atoms with van der Waals surface area (Å²) in [5.74, 6) is -0.611. The van der Waals surface area contributed by atoms with E-state index in [-0.39, 0.29) is 70.6 Å². The maximum Gasteiger partial charge on any atom is 0.335 e. The van der Waals surface area contributed by atoms with E-state index in [1.54, 1.807) is 6.07 Å². The van der Waals surface area contributed by atoms with E-state index >= 15 is 0 Å². The van der Waals surface area contributed by atoms with Gasteiger partial charge >= 0.3 is 5.97 Å². The van der Waals surface area contributed by atoms with Gasteiger partial charge in [0.15, 0.2) is 0 Å². The number of nitrogens with zero attached hydrogens (tertiary/aromatic N) is 5. The van der Waals surface area contributed by atoms with Crippen LogP contribution in [0.4, 0.5) is 11.6 Å². The molecule has 2 heterocycles. The third-order valence-corrected chi connectivity index (χ3v) is 9.07. The SMILES string of the molecule is Cc1cccc(C)c1-c1cc(OC[C@@H](CC(C)(C)C)NCc2ncc(N(C)CC(C)(C)C)cn2)nc(NS(=O)(=O)c2cccc(C(=O)O)c2)n1.Cl.Cl. The Kier molecular flexibility index (Phi) is 15.4. The number of nitrogens with one attached hydrogen (secondary N) is 2. The minimum Gasteiger partial charge on any atom is -0.478 e. The van der Waals surface area contributed by atoms with Crippen LogP contribution >= 0.6 is 24.8 Å². The number of benzene rings is 2. The first-order chi connectivity index (χ1) is 23.3. The number of rotatable bonds is 14. The highest BCUT2D eigenvalue weighted by molar-refractivity contribution is 7.92. The van der Waals surface area contributed by atoms with Crippen molar-refractivity contribution in [2.24, 2.45) is 10.8 Å². The second kappa shape index (κ2) is 18.1. The van der Waals surface area contributed by atoms with Crippen LogP contribution in [0, 0.1) is 24.7 Å². The van der Waals surface area contributed by atoms with Crippen LogP contribution in [0.25, 0.3) is 11.3 Å². The molecule has 284 valence electrons. The number of anilines is 2. The molecule has 0 unspecified atom stereocenters. The van der Waals surface area contributed by atoms with Crippen LogP contribution < -0.4 is 19.7 Å². The van der Waals surface area contributed by atoms with E-state index in [4.69, 9.17) is 4.74 Å². The summed E-state index contributed by atoms with van der Waals surface area (Å²) in [4.78, 5) is 31.6. The first kappa shape index (κ1) is 44.1. The van der Waals surface area contributed by atoms with E-state index in [2.05, 4.69) is 76.4 Å². The summed E-state index contributed by atoms with van der Waals surface area (Å²) in [6.07, 6.45) is 4.43. The van der Waals surface area contributed by atoms with Gasteiger partial charge < -0.3 is 20.1 Å². The summed E-state index contributed by atoms with van der Waals surface area (Å²) >= 11 is 0. The molecule has 1 atom stereocenters. The van der Waals surface area contributed by atoms with E-state index in [0.29, 0.717) is 18.1 Å². The van der Waals surface area contributed by atoms with Crippen LogP contribution in [0.15, 0.2) is 65.8 Å². The lowest BCUT2D eigenvalue weighted by molar-refractivity contribution is 0.0696. The molecule has 2 aromatic carbocycles. The van der Waals surface area contributed by atoms with E-state index in [0.717, 1.165) is 41.4 Å². The van der Waals surface area contributed by atoms with Crippen molar-refractivity contribution in [3.05, 3.63) is 83.4 Å². The lowest BCUT2D eigenvalue weighted by atomic mass is 9.88. The lowest BCUT2D eigenvalue weighted by Crippen LogP contribution is -2.38. The Hall–Kier alpha value is -4.04. The second-order valence-corrected chi connectivity index (χ2v) is 16.7. The van der Waals surface area contributed by atoms with Gasteiger partial charge in [0.25, 0.3) is 10.0 Å². The summed E-state index contributed by atoms with van der Waals surface area (Å²) < 4.78 is 35.5. The zero-order valence-electron chi connectivity index (χ0n) is 31.2. The molecule has 0 radical (unpaired) electrons. The van der Waals surface area contributed by atoms with Gasteiger partial charge in [-0.05, 0) is 60.4 Å². The third kappa shape index (κ3) is 12.9. The average molecular weight is 777 g/mol. The molecule has 15 heteroatoms. The monoisotopic (exact) mass is 775 g/mol. The van der Waals surface area contributed by atoms with Gasteiger partial charge in [0.1, 0.15) is 12.4 Å². The van der Waals surface area contributed by atoms with E-state index in [1.165, 1.54) is 18.2 Å². The van der Waals surface area contributed by atoms with Crippen molar-refractivity contribution in [2.75, 3.05) is 29.8 Å². The molecule has 3 N–H and O–H groups in total. The van der Waals surface area contributed by atoms with Crippen molar-refractivity contribution >= 4 is 52.4 Å². The summed E-state index contributed by atoms with van der Waals surface area (Å²) in [6.45, 7) is 18.4. The van der Waals surface area contributed by atoms with Crippen LogP contribution in [-0.2, 0) is 16.6 Å². The predicted octanol–water partition coefficient (Wildman–Crippen LogP) is 7.35. The zero-order chi connectivity index (χ0) is 36.9. The van der Waals surface area contributed by atoms with Crippen molar-refractivity contribution in [2.45, 2.75) is 79.3 Å². The van der Waals surface area contributed by atoms with Gasteiger partial charge in [0, 0.05) is 31.3 Å². The van der Waals surface area contributed by atoms with Gasteiger partial charge in [-0.25, -0.2) is 32.9 Å². The fraction of sp³-hybridized carbons (Fsp3) is 0.432. The Morgan fingerprint density at radius 1 is 0.923 bits per heavy atom. The summed E-state index contributed by atoms with van der Waals surface area (Å²) in [5, 5.41) is 12.9. The number of halogens is 2. The molecule has 4 aromatic rings. The Balaban J connectivity index is 0.00000468. The van der Waals surface area contributed by atoms with Gasteiger partial charge in [0.05, 0.1) is 40.8 Å². The fourth-order valence-corrected chi connectivity index (χ4v) is 6.65.